The number of carbonyl (C=O) groups excluding carboxylic acids is 1. The Labute approximate surface area is 181 Å². The third-order valence-corrected chi connectivity index (χ3v) is 5.52. The van der Waals surface area contributed by atoms with E-state index in [9.17, 15) is 9.90 Å². The highest BCUT2D eigenvalue weighted by molar-refractivity contribution is 6.30. The Hall–Kier alpha value is -3.08. The largest absolute Gasteiger partial charge is 0.421 e. The molecule has 0 aliphatic carbocycles. The quantitative estimate of drug-likeness (QED) is 0.603. The van der Waals surface area contributed by atoms with Crippen molar-refractivity contribution in [1.29, 1.82) is 0 Å². The average Bonchev–Trinajstić information content (AvgIpc) is 2.99. The van der Waals surface area contributed by atoms with Crippen LogP contribution in [0.25, 0.3) is 5.57 Å². The summed E-state index contributed by atoms with van der Waals surface area (Å²) in [4.78, 5) is 15.0. The zero-order valence-corrected chi connectivity index (χ0v) is 17.6. The third kappa shape index (κ3) is 3.72. The number of aliphatic hydroxyl groups is 1. The second kappa shape index (κ2) is 7.98. The molecule has 1 unspecified atom stereocenters. The van der Waals surface area contributed by atoms with Crippen LogP contribution < -0.4 is 4.90 Å². The molecule has 5 heteroatoms. The van der Waals surface area contributed by atoms with E-state index in [4.69, 9.17) is 16.3 Å². The number of rotatable bonds is 5. The summed E-state index contributed by atoms with van der Waals surface area (Å²) >= 11 is 6.02. The summed E-state index contributed by atoms with van der Waals surface area (Å²) in [6.45, 7) is 0. The smallest absolute Gasteiger partial charge is 0.342 e. The van der Waals surface area contributed by atoms with Crippen molar-refractivity contribution in [1.82, 2.24) is 0 Å². The number of nitrogens with zero attached hydrogens (tertiary/aromatic N) is 1. The number of carbonyl (C=O) groups is 1. The summed E-state index contributed by atoms with van der Waals surface area (Å²) in [5, 5.41) is 12.1. The highest BCUT2D eigenvalue weighted by atomic mass is 35.5. The van der Waals surface area contributed by atoms with Crippen LogP contribution in [0.5, 0.6) is 0 Å². The van der Waals surface area contributed by atoms with Gasteiger partial charge in [-0.1, -0.05) is 66.2 Å². The standard InChI is InChI=1S/C25H22ClNO3/c1-27(2)21-10-6-9-18(16-21)23-22(15-17-7-4-3-5-8-17)25(29,30-24(23)28)19-11-13-20(26)14-12-19/h3-14,16,29H,15H2,1-2H3. The van der Waals surface area contributed by atoms with Crippen LogP contribution in [0, 0.1) is 0 Å². The summed E-state index contributed by atoms with van der Waals surface area (Å²) in [5.41, 5.74) is 4.00. The van der Waals surface area contributed by atoms with Crippen molar-refractivity contribution in [3.05, 3.63) is 106 Å². The zero-order valence-electron chi connectivity index (χ0n) is 16.8. The molecule has 0 saturated carbocycles. The van der Waals surface area contributed by atoms with E-state index in [0.717, 1.165) is 11.3 Å². The molecule has 1 atom stereocenters. The van der Waals surface area contributed by atoms with Crippen molar-refractivity contribution in [3.63, 3.8) is 0 Å². The highest BCUT2D eigenvalue weighted by Gasteiger charge is 2.48. The van der Waals surface area contributed by atoms with Crippen LogP contribution in [0.1, 0.15) is 16.7 Å². The number of hydrogen-bond acceptors (Lipinski definition) is 4. The van der Waals surface area contributed by atoms with Crippen LogP contribution in [0.15, 0.2) is 84.4 Å². The number of benzene rings is 3. The second-order valence-electron chi connectivity index (χ2n) is 7.50. The minimum atomic E-state index is -1.86. The van der Waals surface area contributed by atoms with E-state index in [2.05, 4.69) is 0 Å². The molecule has 1 heterocycles. The van der Waals surface area contributed by atoms with E-state index in [1.54, 1.807) is 24.3 Å². The van der Waals surface area contributed by atoms with Gasteiger partial charge in [-0.15, -0.1) is 0 Å². The van der Waals surface area contributed by atoms with Crippen molar-refractivity contribution >= 4 is 28.8 Å². The van der Waals surface area contributed by atoms with Gasteiger partial charge in [0.15, 0.2) is 0 Å². The van der Waals surface area contributed by atoms with Gasteiger partial charge in [-0.3, -0.25) is 0 Å². The number of hydrogen-bond donors (Lipinski definition) is 1. The lowest BCUT2D eigenvalue weighted by atomic mass is 9.88. The van der Waals surface area contributed by atoms with Gasteiger partial charge in [-0.25, -0.2) is 4.79 Å². The number of anilines is 1. The van der Waals surface area contributed by atoms with Crippen LogP contribution in [-0.4, -0.2) is 25.2 Å². The predicted molar refractivity (Wildman–Crippen MR) is 119 cm³/mol. The number of esters is 1. The Bertz CT molecular complexity index is 1110. The first-order valence-corrected chi connectivity index (χ1v) is 10.0. The molecule has 30 heavy (non-hydrogen) atoms. The Morgan fingerprint density at radius 1 is 0.967 bits per heavy atom. The van der Waals surface area contributed by atoms with Crippen LogP contribution in [0.3, 0.4) is 0 Å². The van der Waals surface area contributed by atoms with Gasteiger partial charge in [0.1, 0.15) is 0 Å². The Balaban J connectivity index is 1.91. The van der Waals surface area contributed by atoms with Crippen molar-refractivity contribution in [2.45, 2.75) is 12.2 Å². The third-order valence-electron chi connectivity index (χ3n) is 5.27. The fourth-order valence-corrected chi connectivity index (χ4v) is 3.81. The SMILES string of the molecule is CN(C)c1cccc(C2=C(Cc3ccccc3)C(O)(c3ccc(Cl)cc3)OC2=O)c1. The first kappa shape index (κ1) is 20.2. The van der Waals surface area contributed by atoms with Crippen molar-refractivity contribution in [2.24, 2.45) is 0 Å². The van der Waals surface area contributed by atoms with Crippen molar-refractivity contribution in [3.8, 4) is 0 Å². The lowest BCUT2D eigenvalue weighted by Gasteiger charge is -2.25. The Kier molecular flexibility index (Phi) is 5.37. The summed E-state index contributed by atoms with van der Waals surface area (Å²) in [7, 11) is 3.88. The molecular weight excluding hydrogens is 398 g/mol. The normalized spacial score (nSPS) is 18.5. The molecule has 4 rings (SSSR count). The molecule has 0 spiro atoms. The van der Waals surface area contributed by atoms with Gasteiger partial charge >= 0.3 is 5.97 Å². The maximum Gasteiger partial charge on any atom is 0.342 e. The topological polar surface area (TPSA) is 49.8 Å². The van der Waals surface area contributed by atoms with Crippen molar-refractivity contribution < 1.29 is 14.6 Å². The first-order valence-electron chi connectivity index (χ1n) is 9.65. The number of ether oxygens (including phenoxy) is 1. The molecule has 1 aliphatic heterocycles. The molecule has 0 fully saturated rings. The van der Waals surface area contributed by atoms with Gasteiger partial charge in [0.25, 0.3) is 5.79 Å². The van der Waals surface area contributed by atoms with Gasteiger partial charge in [0.05, 0.1) is 5.57 Å². The van der Waals surface area contributed by atoms with Gasteiger partial charge in [0.2, 0.25) is 0 Å². The number of halogens is 1. The van der Waals surface area contributed by atoms with Gasteiger partial charge < -0.3 is 14.7 Å². The Morgan fingerprint density at radius 2 is 1.67 bits per heavy atom. The molecule has 3 aromatic carbocycles. The maximum atomic E-state index is 13.0. The molecule has 0 saturated heterocycles. The fraction of sp³-hybridized carbons (Fsp3) is 0.160. The van der Waals surface area contributed by atoms with E-state index in [1.807, 2.05) is 73.6 Å². The molecule has 0 amide bonds. The average molecular weight is 420 g/mol. The Morgan fingerprint density at radius 3 is 2.33 bits per heavy atom. The highest BCUT2D eigenvalue weighted by Crippen LogP contribution is 2.45. The predicted octanol–water partition coefficient (Wildman–Crippen LogP) is 4.80. The van der Waals surface area contributed by atoms with Crippen molar-refractivity contribution in [2.75, 3.05) is 19.0 Å². The van der Waals surface area contributed by atoms with Gasteiger partial charge in [0, 0.05) is 42.4 Å². The van der Waals surface area contributed by atoms with Gasteiger partial charge in [-0.05, 0) is 35.4 Å². The molecule has 0 bridgehead atoms. The molecule has 152 valence electrons. The minimum absolute atomic E-state index is 0.368. The fourth-order valence-electron chi connectivity index (χ4n) is 3.69. The van der Waals surface area contributed by atoms with Crippen LogP contribution in [-0.2, 0) is 21.7 Å². The monoisotopic (exact) mass is 419 g/mol. The summed E-state index contributed by atoms with van der Waals surface area (Å²) < 4.78 is 5.61. The van der Waals surface area contributed by atoms with E-state index in [-0.39, 0.29) is 0 Å². The maximum absolute atomic E-state index is 13.0. The van der Waals surface area contributed by atoms with Crippen LogP contribution in [0.2, 0.25) is 5.02 Å². The lowest BCUT2D eigenvalue weighted by molar-refractivity contribution is -0.185. The van der Waals surface area contributed by atoms with Crippen LogP contribution >= 0.6 is 11.6 Å². The number of cyclic esters (lactones) is 1. The summed E-state index contributed by atoms with van der Waals surface area (Å²) in [6, 6.07) is 24.1. The summed E-state index contributed by atoms with van der Waals surface area (Å²) in [5.74, 6) is -2.41. The molecule has 0 aromatic heterocycles. The van der Waals surface area contributed by atoms with E-state index in [1.165, 1.54) is 0 Å². The molecule has 1 N–H and O–H groups in total. The summed E-state index contributed by atoms with van der Waals surface area (Å²) in [6.07, 6.45) is 0.368. The van der Waals surface area contributed by atoms with Crippen LogP contribution in [0.4, 0.5) is 5.69 Å². The molecule has 3 aromatic rings. The first-order chi connectivity index (χ1) is 14.4. The minimum Gasteiger partial charge on any atom is -0.421 e. The molecular formula is C25H22ClNO3. The molecule has 1 aliphatic rings. The van der Waals surface area contributed by atoms with E-state index < -0.39 is 11.8 Å². The molecule has 4 nitrogen and oxygen atoms in total. The molecule has 0 radical (unpaired) electrons. The van der Waals surface area contributed by atoms with E-state index >= 15 is 0 Å². The van der Waals surface area contributed by atoms with E-state index in [0.29, 0.717) is 33.7 Å². The second-order valence-corrected chi connectivity index (χ2v) is 7.94. The lowest BCUT2D eigenvalue weighted by Crippen LogP contribution is -2.29. The zero-order chi connectivity index (χ0) is 21.3. The van der Waals surface area contributed by atoms with Gasteiger partial charge in [-0.2, -0.15) is 0 Å².